The molecule has 3 aromatic rings. The van der Waals surface area contributed by atoms with Crippen molar-refractivity contribution in [1.29, 1.82) is 0 Å². The van der Waals surface area contributed by atoms with Crippen LogP contribution >= 0.6 is 0 Å². The highest BCUT2D eigenvalue weighted by Gasteiger charge is 2.73. The van der Waals surface area contributed by atoms with E-state index in [4.69, 9.17) is 19.3 Å². The highest BCUT2D eigenvalue weighted by Crippen LogP contribution is 2.64. The lowest BCUT2D eigenvalue weighted by Crippen LogP contribution is -2.44. The third-order valence-corrected chi connectivity index (χ3v) is 7.99. The van der Waals surface area contributed by atoms with Gasteiger partial charge in [-0.2, -0.15) is 5.10 Å². The minimum absolute atomic E-state index is 0.333. The Kier molecular flexibility index (Phi) is 5.83. The van der Waals surface area contributed by atoms with Gasteiger partial charge in [-0.25, -0.2) is 4.79 Å². The number of nitrogens with zero attached hydrogens (tertiary/aromatic N) is 2. The number of Topliss-reactive ketones (excluding diaryl/α,β-unsaturated/α-hetero) is 2. The summed E-state index contributed by atoms with van der Waals surface area (Å²) in [7, 11) is 3.05. The Bertz CT molecular complexity index is 1550. The molecule has 2 heterocycles. The second kappa shape index (κ2) is 9.05. The SMILES string of the molecule is COc1ccc([C@H]2[C@H](C(=O)OC(C)(C)C)N3N=Cc4ccccc4[C@H]3C23C(=O)c2ccccc2C3=O)cc1OC. The highest BCUT2D eigenvalue weighted by molar-refractivity contribution is 6.31. The quantitative estimate of drug-likeness (QED) is 0.342. The van der Waals surface area contributed by atoms with Gasteiger partial charge in [-0.15, -0.1) is 0 Å². The number of ether oxygens (including phenoxy) is 3. The number of carbonyl (C=O) groups is 3. The fraction of sp³-hybridized carbons (Fsp3) is 0.312. The van der Waals surface area contributed by atoms with Crippen LogP contribution in [0, 0.1) is 5.41 Å². The van der Waals surface area contributed by atoms with Gasteiger partial charge < -0.3 is 14.2 Å². The van der Waals surface area contributed by atoms with Crippen LogP contribution in [-0.4, -0.2) is 54.6 Å². The van der Waals surface area contributed by atoms with Crippen LogP contribution in [0.5, 0.6) is 11.5 Å². The van der Waals surface area contributed by atoms with E-state index in [1.54, 1.807) is 74.5 Å². The van der Waals surface area contributed by atoms with Gasteiger partial charge in [-0.3, -0.25) is 14.6 Å². The number of hydrazone groups is 1. The van der Waals surface area contributed by atoms with Gasteiger partial charge in [0.2, 0.25) is 0 Å². The average Bonchev–Trinajstić information content (AvgIpc) is 3.38. The van der Waals surface area contributed by atoms with Gasteiger partial charge in [0, 0.05) is 17.0 Å². The van der Waals surface area contributed by atoms with E-state index in [0.717, 1.165) is 11.1 Å². The molecule has 40 heavy (non-hydrogen) atoms. The predicted molar refractivity (Wildman–Crippen MR) is 148 cm³/mol. The van der Waals surface area contributed by atoms with Crippen molar-refractivity contribution in [1.82, 2.24) is 5.01 Å². The van der Waals surface area contributed by atoms with E-state index in [1.807, 2.05) is 24.3 Å². The first-order valence-electron chi connectivity index (χ1n) is 13.2. The smallest absolute Gasteiger partial charge is 0.331 e. The molecule has 0 N–H and O–H groups in total. The zero-order valence-electron chi connectivity index (χ0n) is 23.0. The highest BCUT2D eigenvalue weighted by atomic mass is 16.6. The molecule has 0 saturated carbocycles. The second-order valence-corrected chi connectivity index (χ2v) is 11.3. The fourth-order valence-electron chi connectivity index (χ4n) is 6.53. The molecule has 3 aromatic carbocycles. The number of rotatable bonds is 4. The van der Waals surface area contributed by atoms with Crippen LogP contribution in [0.3, 0.4) is 0 Å². The van der Waals surface area contributed by atoms with Gasteiger partial charge in [0.1, 0.15) is 11.0 Å². The molecule has 3 atom stereocenters. The summed E-state index contributed by atoms with van der Waals surface area (Å²) in [5, 5.41) is 6.33. The molecule has 0 aromatic heterocycles. The maximum absolute atomic E-state index is 14.7. The summed E-state index contributed by atoms with van der Waals surface area (Å²) >= 11 is 0. The Morgan fingerprint density at radius 1 is 0.875 bits per heavy atom. The number of methoxy groups -OCH3 is 2. The van der Waals surface area contributed by atoms with Gasteiger partial charge >= 0.3 is 5.97 Å². The largest absolute Gasteiger partial charge is 0.493 e. The number of ketones is 2. The molecule has 0 amide bonds. The summed E-state index contributed by atoms with van der Waals surface area (Å²) in [6.45, 7) is 5.36. The molecule has 6 rings (SSSR count). The third-order valence-electron chi connectivity index (χ3n) is 7.99. The zero-order valence-corrected chi connectivity index (χ0v) is 23.0. The van der Waals surface area contributed by atoms with Crippen molar-refractivity contribution < 1.29 is 28.6 Å². The topological polar surface area (TPSA) is 94.5 Å². The number of benzene rings is 3. The molecule has 1 fully saturated rings. The molecule has 3 aliphatic rings. The zero-order chi connectivity index (χ0) is 28.4. The molecular formula is C32H30N2O6. The van der Waals surface area contributed by atoms with E-state index >= 15 is 0 Å². The predicted octanol–water partition coefficient (Wildman–Crippen LogP) is 4.97. The van der Waals surface area contributed by atoms with Gasteiger partial charge in [-0.05, 0) is 49.6 Å². The molecule has 8 heteroatoms. The molecule has 0 radical (unpaired) electrons. The Balaban J connectivity index is 1.68. The van der Waals surface area contributed by atoms with Crippen molar-refractivity contribution in [3.63, 3.8) is 0 Å². The first-order chi connectivity index (χ1) is 19.1. The van der Waals surface area contributed by atoms with Crippen LogP contribution in [0.25, 0.3) is 0 Å². The van der Waals surface area contributed by atoms with E-state index in [1.165, 1.54) is 14.2 Å². The first-order valence-corrected chi connectivity index (χ1v) is 13.2. The van der Waals surface area contributed by atoms with Crippen LogP contribution in [0.4, 0.5) is 0 Å². The Labute approximate surface area is 232 Å². The van der Waals surface area contributed by atoms with Gasteiger partial charge in [0.25, 0.3) is 0 Å². The van der Waals surface area contributed by atoms with Crippen molar-refractivity contribution in [3.05, 3.63) is 94.5 Å². The van der Waals surface area contributed by atoms with E-state index < -0.39 is 35.0 Å². The Morgan fingerprint density at radius 2 is 1.50 bits per heavy atom. The summed E-state index contributed by atoms with van der Waals surface area (Å²) in [5.74, 6) is -1.27. The van der Waals surface area contributed by atoms with Crippen LogP contribution in [-0.2, 0) is 9.53 Å². The van der Waals surface area contributed by atoms with Crippen molar-refractivity contribution in [2.45, 2.75) is 44.4 Å². The van der Waals surface area contributed by atoms with Gasteiger partial charge in [-0.1, -0.05) is 54.6 Å². The Hall–Kier alpha value is -4.46. The normalized spacial score (nSPS) is 22.1. The molecule has 1 saturated heterocycles. The van der Waals surface area contributed by atoms with E-state index in [2.05, 4.69) is 0 Å². The number of hydrogen-bond acceptors (Lipinski definition) is 8. The number of fused-ring (bicyclic) bond motifs is 5. The van der Waals surface area contributed by atoms with Crippen molar-refractivity contribution in [2.24, 2.45) is 10.5 Å². The minimum Gasteiger partial charge on any atom is -0.493 e. The fourth-order valence-corrected chi connectivity index (χ4v) is 6.53. The summed E-state index contributed by atoms with van der Waals surface area (Å²) < 4.78 is 17.0. The van der Waals surface area contributed by atoms with Crippen LogP contribution in [0.15, 0.2) is 71.8 Å². The van der Waals surface area contributed by atoms with Crippen molar-refractivity contribution in [3.8, 4) is 11.5 Å². The monoisotopic (exact) mass is 538 g/mol. The first kappa shape index (κ1) is 25.8. The molecule has 8 nitrogen and oxygen atoms in total. The van der Waals surface area contributed by atoms with Crippen molar-refractivity contribution >= 4 is 23.8 Å². The lowest BCUT2D eigenvalue weighted by molar-refractivity contribution is -0.161. The maximum atomic E-state index is 14.7. The third kappa shape index (κ3) is 3.51. The van der Waals surface area contributed by atoms with Crippen LogP contribution < -0.4 is 9.47 Å². The number of carbonyl (C=O) groups excluding carboxylic acids is 3. The van der Waals surface area contributed by atoms with E-state index in [0.29, 0.717) is 28.2 Å². The van der Waals surface area contributed by atoms with Crippen LogP contribution in [0.2, 0.25) is 0 Å². The average molecular weight is 539 g/mol. The van der Waals surface area contributed by atoms with Crippen LogP contribution in [0.1, 0.15) is 70.1 Å². The summed E-state index contributed by atoms with van der Waals surface area (Å²) in [5.41, 5.74) is 0.307. The van der Waals surface area contributed by atoms with E-state index in [-0.39, 0.29) is 11.6 Å². The summed E-state index contributed by atoms with van der Waals surface area (Å²) in [4.78, 5) is 43.5. The van der Waals surface area contributed by atoms with Gasteiger partial charge in [0.15, 0.2) is 29.1 Å². The molecule has 1 spiro atoms. The minimum atomic E-state index is -1.68. The lowest BCUT2D eigenvalue weighted by Gasteiger charge is -2.36. The molecule has 0 bridgehead atoms. The standard InChI is InChI=1S/C32H30N2O6/c1-31(2,3)40-30(37)26-25(18-14-15-23(38-4)24(16-18)39-5)32(28(35)21-12-8-9-13-22(21)29(32)36)27-20-11-7-6-10-19(20)17-33-34(26)27/h6-17,25-27H,1-5H3/t25-,26+,27-/m0/s1. The Morgan fingerprint density at radius 3 is 2.12 bits per heavy atom. The maximum Gasteiger partial charge on any atom is 0.331 e. The molecular weight excluding hydrogens is 508 g/mol. The van der Waals surface area contributed by atoms with Crippen molar-refractivity contribution in [2.75, 3.05) is 14.2 Å². The van der Waals surface area contributed by atoms with Gasteiger partial charge in [0.05, 0.1) is 26.5 Å². The lowest BCUT2D eigenvalue weighted by atomic mass is 9.63. The number of esters is 1. The summed E-state index contributed by atoms with van der Waals surface area (Å²) in [6.07, 6.45) is 1.67. The van der Waals surface area contributed by atoms with E-state index in [9.17, 15) is 14.4 Å². The molecule has 0 unspecified atom stereocenters. The summed E-state index contributed by atoms with van der Waals surface area (Å²) in [6, 6.07) is 17.7. The number of hydrogen-bond donors (Lipinski definition) is 0. The molecule has 1 aliphatic carbocycles. The molecule has 2 aliphatic heterocycles. The second-order valence-electron chi connectivity index (χ2n) is 11.3. The molecule has 204 valence electrons.